The zero-order chi connectivity index (χ0) is 28.5. The summed E-state index contributed by atoms with van der Waals surface area (Å²) in [5.41, 5.74) is 7.41. The number of hydrogen-bond acceptors (Lipinski definition) is 7. The highest BCUT2D eigenvalue weighted by Gasteiger charge is 2.54. The van der Waals surface area contributed by atoms with Gasteiger partial charge in [-0.2, -0.15) is 0 Å². The highest BCUT2D eigenvalue weighted by Crippen LogP contribution is 2.46. The van der Waals surface area contributed by atoms with Gasteiger partial charge in [-0.3, -0.25) is 9.59 Å². The van der Waals surface area contributed by atoms with Crippen LogP contribution >= 0.6 is 0 Å². The molecule has 0 aliphatic carbocycles. The number of hydrogen-bond donors (Lipinski definition) is 1. The Morgan fingerprint density at radius 3 is 2.59 bits per heavy atom. The maximum Gasteiger partial charge on any atom is 0.355 e. The Bertz CT molecular complexity index is 1570. The Balaban J connectivity index is 1.62. The van der Waals surface area contributed by atoms with Gasteiger partial charge in [-0.1, -0.05) is 65.9 Å². The van der Waals surface area contributed by atoms with E-state index in [1.54, 1.807) is 17.6 Å². The van der Waals surface area contributed by atoms with E-state index in [0.717, 1.165) is 16.5 Å². The van der Waals surface area contributed by atoms with Crippen molar-refractivity contribution in [3.05, 3.63) is 63.4 Å². The average molecular weight is 548 g/mol. The van der Waals surface area contributed by atoms with E-state index in [4.69, 9.17) is 20.2 Å². The first-order valence-corrected chi connectivity index (χ1v) is 16.7. The van der Waals surface area contributed by atoms with Crippen LogP contribution in [0.3, 0.4) is 0 Å². The molecule has 0 saturated heterocycles. The van der Waals surface area contributed by atoms with Crippen molar-refractivity contribution in [1.29, 1.82) is 0 Å². The fraction of sp³-hybridized carbons (Fsp3) is 0.467. The third-order valence-corrected chi connectivity index (χ3v) is 15.5. The molecule has 0 saturated carbocycles. The van der Waals surface area contributed by atoms with Crippen molar-refractivity contribution >= 4 is 30.9 Å². The van der Waals surface area contributed by atoms with Gasteiger partial charge in [0.05, 0.1) is 42.8 Å². The number of ether oxygens (including phenoxy) is 2. The van der Waals surface area contributed by atoms with Crippen molar-refractivity contribution in [2.45, 2.75) is 83.6 Å². The quantitative estimate of drug-likeness (QED) is 0.276. The van der Waals surface area contributed by atoms with Gasteiger partial charge in [-0.25, -0.2) is 9.78 Å². The Kier molecular flexibility index (Phi) is 6.38. The van der Waals surface area contributed by atoms with Gasteiger partial charge in [0.25, 0.3) is 5.56 Å². The lowest BCUT2D eigenvalue weighted by Crippen LogP contribution is -2.62. The minimum atomic E-state index is -2.43. The van der Waals surface area contributed by atoms with Gasteiger partial charge in [0.2, 0.25) is 5.60 Å². The van der Waals surface area contributed by atoms with Gasteiger partial charge < -0.3 is 19.8 Å². The molecular formula is C30H37N3O5Si. The molecule has 3 aromatic rings. The molecule has 0 amide bonds. The number of aromatic nitrogens is 2. The summed E-state index contributed by atoms with van der Waals surface area (Å²) in [5.74, 6) is -1.03. The number of para-hydroxylation sites is 1. The third-order valence-electron chi connectivity index (χ3n) is 9.79. The second-order valence-corrected chi connectivity index (χ2v) is 17.6. The molecular weight excluding hydrogens is 510 g/mol. The van der Waals surface area contributed by atoms with Crippen molar-refractivity contribution in [1.82, 2.24) is 9.55 Å². The van der Waals surface area contributed by atoms with E-state index in [1.807, 2.05) is 30.3 Å². The van der Waals surface area contributed by atoms with Crippen molar-refractivity contribution in [3.8, 4) is 11.4 Å². The third kappa shape index (κ3) is 3.89. The smallest absolute Gasteiger partial charge is 0.355 e. The maximum absolute atomic E-state index is 13.7. The van der Waals surface area contributed by atoms with Gasteiger partial charge >= 0.3 is 11.9 Å². The first kappa shape index (κ1) is 27.3. The highest BCUT2D eigenvalue weighted by molar-refractivity contribution is 6.84. The molecule has 0 spiro atoms. The molecule has 0 bridgehead atoms. The molecule has 8 nitrogen and oxygen atoms in total. The first-order valence-electron chi connectivity index (χ1n) is 13.6. The van der Waals surface area contributed by atoms with E-state index in [2.05, 4.69) is 40.8 Å². The standard InChI is InChI=1S/C30H37N3O5Si/c1-8-30(38-27(35)25(31)39(6,7)29(4,5)17(2)3)21-14-23-24-19(13-18-11-9-10-12-22(18)32-24)15-33(23)26(34)20(21)16-37-28(30)36/h9-14,17,25H,8,15-16,31H2,1-7H3. The molecule has 9 heteroatoms. The van der Waals surface area contributed by atoms with Crippen LogP contribution in [0, 0.1) is 5.92 Å². The minimum Gasteiger partial charge on any atom is -0.457 e. The van der Waals surface area contributed by atoms with Crippen molar-refractivity contribution < 1.29 is 19.1 Å². The number of cyclic esters (lactones) is 1. The van der Waals surface area contributed by atoms with Crippen LogP contribution < -0.4 is 11.3 Å². The predicted octanol–water partition coefficient (Wildman–Crippen LogP) is 4.64. The molecule has 1 aromatic carbocycles. The van der Waals surface area contributed by atoms with Crippen LogP contribution in [-0.4, -0.2) is 35.2 Å². The van der Waals surface area contributed by atoms with Gasteiger partial charge in [0.1, 0.15) is 6.61 Å². The normalized spacial score (nSPS) is 19.4. The largest absolute Gasteiger partial charge is 0.457 e. The van der Waals surface area contributed by atoms with Crippen LogP contribution in [0.4, 0.5) is 0 Å². The SMILES string of the molecule is CCC1(OC(=O)C(N)[Si](C)(C)C(C)(C)C(C)C)C(=O)OCc2c1cc1n(c2=O)Cc2cc3ccccc3nc2-1. The van der Waals surface area contributed by atoms with Gasteiger partial charge in [-0.05, 0) is 35.6 Å². The van der Waals surface area contributed by atoms with E-state index < -0.39 is 31.3 Å². The number of pyridine rings is 2. The number of carbonyl (C=O) groups is 2. The lowest BCUT2D eigenvalue weighted by atomic mass is 9.85. The van der Waals surface area contributed by atoms with Crippen molar-refractivity contribution in [2.75, 3.05) is 0 Å². The van der Waals surface area contributed by atoms with Crippen LogP contribution in [0.5, 0.6) is 0 Å². The molecule has 2 aromatic heterocycles. The van der Waals surface area contributed by atoms with E-state index in [0.29, 0.717) is 35.0 Å². The lowest BCUT2D eigenvalue weighted by molar-refractivity contribution is -0.189. The van der Waals surface area contributed by atoms with E-state index >= 15 is 0 Å². The number of fused-ring (bicyclic) bond motifs is 5. The summed E-state index contributed by atoms with van der Waals surface area (Å²) in [4.78, 5) is 45.7. The summed E-state index contributed by atoms with van der Waals surface area (Å²) in [6.07, 6.45) is 0.105. The van der Waals surface area contributed by atoms with Crippen molar-refractivity contribution in [2.24, 2.45) is 11.7 Å². The maximum atomic E-state index is 13.7. The summed E-state index contributed by atoms with van der Waals surface area (Å²) < 4.78 is 13.2. The molecule has 39 heavy (non-hydrogen) atoms. The summed E-state index contributed by atoms with van der Waals surface area (Å²) in [6, 6.07) is 11.6. The molecule has 0 fully saturated rings. The van der Waals surface area contributed by atoms with Crippen LogP contribution in [-0.2, 0) is 37.8 Å². The predicted molar refractivity (Wildman–Crippen MR) is 153 cm³/mol. The van der Waals surface area contributed by atoms with Crippen LogP contribution in [0.2, 0.25) is 18.1 Å². The van der Waals surface area contributed by atoms with Gasteiger partial charge in [0, 0.05) is 16.5 Å². The highest BCUT2D eigenvalue weighted by atomic mass is 28.3. The van der Waals surface area contributed by atoms with Crippen molar-refractivity contribution in [3.63, 3.8) is 0 Å². The Morgan fingerprint density at radius 2 is 1.92 bits per heavy atom. The summed E-state index contributed by atoms with van der Waals surface area (Å²) in [6.45, 7) is 14.6. The number of esters is 2. The van der Waals surface area contributed by atoms with Gasteiger partial charge in [-0.15, -0.1) is 0 Å². The molecule has 4 heterocycles. The Labute approximate surface area is 229 Å². The second-order valence-electron chi connectivity index (χ2n) is 12.3. The first-order chi connectivity index (χ1) is 18.3. The molecule has 0 radical (unpaired) electrons. The summed E-state index contributed by atoms with van der Waals surface area (Å²) in [5, 5.41) is 0.815. The average Bonchev–Trinajstić information content (AvgIpc) is 3.26. The minimum absolute atomic E-state index is 0.105. The molecule has 206 valence electrons. The Hall–Kier alpha value is -3.30. The number of nitrogens with two attached hydrogens (primary N) is 1. The fourth-order valence-corrected chi connectivity index (χ4v) is 8.69. The van der Waals surface area contributed by atoms with E-state index in [9.17, 15) is 14.4 Å². The fourth-order valence-electron chi connectivity index (χ4n) is 5.76. The molecule has 2 atom stereocenters. The topological polar surface area (TPSA) is 114 Å². The molecule has 2 unspecified atom stereocenters. The molecule has 2 N–H and O–H groups in total. The monoisotopic (exact) mass is 547 g/mol. The Morgan fingerprint density at radius 1 is 1.23 bits per heavy atom. The molecule has 5 rings (SSSR count). The summed E-state index contributed by atoms with van der Waals surface area (Å²) >= 11 is 0. The van der Waals surface area contributed by atoms with Crippen LogP contribution in [0.15, 0.2) is 41.2 Å². The van der Waals surface area contributed by atoms with Gasteiger partial charge in [0.15, 0.2) is 0 Å². The van der Waals surface area contributed by atoms with Crippen LogP contribution in [0.25, 0.3) is 22.3 Å². The number of carbonyl (C=O) groups excluding carboxylic acids is 2. The lowest BCUT2D eigenvalue weighted by Gasteiger charge is -2.46. The second kappa shape index (κ2) is 9.13. The number of nitrogens with zero attached hydrogens (tertiary/aromatic N) is 2. The molecule has 2 aliphatic heterocycles. The zero-order valence-corrected chi connectivity index (χ0v) is 24.8. The number of benzene rings is 1. The zero-order valence-electron chi connectivity index (χ0n) is 23.8. The number of rotatable bonds is 6. The molecule has 2 aliphatic rings. The van der Waals surface area contributed by atoms with E-state index in [1.165, 1.54) is 0 Å². The van der Waals surface area contributed by atoms with E-state index in [-0.39, 0.29) is 23.6 Å². The van der Waals surface area contributed by atoms with Crippen LogP contribution in [0.1, 0.15) is 57.7 Å². The summed E-state index contributed by atoms with van der Waals surface area (Å²) in [7, 11) is -2.43.